The van der Waals surface area contributed by atoms with Crippen molar-refractivity contribution in [2.75, 3.05) is 6.54 Å². The summed E-state index contributed by atoms with van der Waals surface area (Å²) in [6, 6.07) is 16.3. The third-order valence-corrected chi connectivity index (χ3v) is 8.79. The molecule has 0 spiro atoms. The Morgan fingerprint density at radius 3 is 2.20 bits per heavy atom. The van der Waals surface area contributed by atoms with E-state index in [0.717, 1.165) is 36.8 Å². The molecule has 3 aliphatic rings. The molecule has 5 rings (SSSR count). The number of carbonyl (C=O) groups excluding carboxylic acids is 4. The maximum absolute atomic E-state index is 14.0. The largest absolute Gasteiger partial charge is 0.352 e. The second kappa shape index (κ2) is 12.8. The standard InChI is InChI=1S/C32H36ClN3O4/c33-27-17-9-4-12-23(27)21-36(29(37)18-19-35-31(39)25-15-7-8-16-26(25)32(35)40)28(20-22-10-2-1-3-11-22)30(38)34-24-13-5-6-14-24/h1-4,7-12,17,24-26,28H,5-6,13-16,18-21H2,(H,34,38)/t25-,26+,28-/m1/s1. The number of fused-ring (bicyclic) bond motifs is 1. The van der Waals surface area contributed by atoms with E-state index in [1.807, 2.05) is 60.7 Å². The van der Waals surface area contributed by atoms with E-state index in [-0.39, 0.29) is 61.0 Å². The number of nitrogens with one attached hydrogen (secondary N) is 1. The summed E-state index contributed by atoms with van der Waals surface area (Å²) in [5.41, 5.74) is 1.67. The predicted octanol–water partition coefficient (Wildman–Crippen LogP) is 4.68. The number of imide groups is 1. The van der Waals surface area contributed by atoms with Crippen LogP contribution in [0.3, 0.4) is 0 Å². The van der Waals surface area contributed by atoms with Crippen molar-refractivity contribution in [3.63, 3.8) is 0 Å². The van der Waals surface area contributed by atoms with Crippen molar-refractivity contribution in [3.05, 3.63) is 82.9 Å². The molecule has 3 atom stereocenters. The number of halogens is 1. The van der Waals surface area contributed by atoms with Gasteiger partial charge in [-0.15, -0.1) is 0 Å². The van der Waals surface area contributed by atoms with E-state index in [0.29, 0.717) is 24.3 Å². The van der Waals surface area contributed by atoms with Crippen LogP contribution in [-0.4, -0.2) is 52.1 Å². The molecule has 2 fully saturated rings. The molecule has 210 valence electrons. The molecule has 1 aliphatic heterocycles. The summed E-state index contributed by atoms with van der Waals surface area (Å²) in [4.78, 5) is 56.6. The van der Waals surface area contributed by atoms with Gasteiger partial charge in [0, 0.05) is 37.0 Å². The molecule has 2 aromatic carbocycles. The van der Waals surface area contributed by atoms with Gasteiger partial charge in [0.05, 0.1) is 11.8 Å². The minimum absolute atomic E-state index is 0.00478. The van der Waals surface area contributed by atoms with Crippen molar-refractivity contribution in [2.45, 2.75) is 70.0 Å². The molecule has 7 nitrogen and oxygen atoms in total. The summed E-state index contributed by atoms with van der Waals surface area (Å²) in [5.74, 6) is -1.57. The van der Waals surface area contributed by atoms with E-state index in [2.05, 4.69) is 5.32 Å². The third kappa shape index (κ3) is 6.30. The zero-order valence-corrected chi connectivity index (χ0v) is 23.4. The van der Waals surface area contributed by atoms with E-state index >= 15 is 0 Å². The quantitative estimate of drug-likeness (QED) is 0.337. The van der Waals surface area contributed by atoms with E-state index in [4.69, 9.17) is 11.6 Å². The molecule has 4 amide bonds. The molecule has 0 unspecified atom stereocenters. The van der Waals surface area contributed by atoms with Crippen molar-refractivity contribution in [3.8, 4) is 0 Å². The molecule has 0 bridgehead atoms. The lowest BCUT2D eigenvalue weighted by Gasteiger charge is -2.33. The Morgan fingerprint density at radius 2 is 1.55 bits per heavy atom. The van der Waals surface area contributed by atoms with E-state index in [1.165, 1.54) is 4.90 Å². The van der Waals surface area contributed by atoms with Gasteiger partial charge in [0.15, 0.2) is 0 Å². The molecule has 1 saturated heterocycles. The smallest absolute Gasteiger partial charge is 0.243 e. The van der Waals surface area contributed by atoms with Gasteiger partial charge >= 0.3 is 0 Å². The first-order chi connectivity index (χ1) is 19.4. The van der Waals surface area contributed by atoms with Gasteiger partial charge in [0.1, 0.15) is 6.04 Å². The van der Waals surface area contributed by atoms with Gasteiger partial charge in [-0.3, -0.25) is 24.1 Å². The van der Waals surface area contributed by atoms with E-state index in [1.54, 1.807) is 11.0 Å². The minimum Gasteiger partial charge on any atom is -0.352 e. The van der Waals surface area contributed by atoms with Crippen LogP contribution < -0.4 is 5.32 Å². The lowest BCUT2D eigenvalue weighted by atomic mass is 9.85. The summed E-state index contributed by atoms with van der Waals surface area (Å²) in [6.45, 7) is 0.149. The molecule has 0 radical (unpaired) electrons. The summed E-state index contributed by atoms with van der Waals surface area (Å²) >= 11 is 6.50. The zero-order chi connectivity index (χ0) is 28.1. The molecular weight excluding hydrogens is 526 g/mol. The Morgan fingerprint density at radius 1 is 0.925 bits per heavy atom. The number of rotatable bonds is 10. The van der Waals surface area contributed by atoms with Crippen molar-refractivity contribution < 1.29 is 19.2 Å². The number of nitrogens with zero attached hydrogens (tertiary/aromatic N) is 2. The normalized spacial score (nSPS) is 21.4. The monoisotopic (exact) mass is 561 g/mol. The number of allylic oxidation sites excluding steroid dienone is 2. The Balaban J connectivity index is 1.39. The molecule has 2 aromatic rings. The second-order valence-corrected chi connectivity index (χ2v) is 11.4. The van der Waals surface area contributed by atoms with Crippen LogP contribution >= 0.6 is 11.6 Å². The number of benzene rings is 2. The Kier molecular flexibility index (Phi) is 9.00. The lowest BCUT2D eigenvalue weighted by Crippen LogP contribution is -2.52. The number of amides is 4. The van der Waals surface area contributed by atoms with Crippen LogP contribution in [0.5, 0.6) is 0 Å². The van der Waals surface area contributed by atoms with Crippen LogP contribution in [-0.2, 0) is 32.1 Å². The minimum atomic E-state index is -0.775. The molecule has 1 N–H and O–H groups in total. The highest BCUT2D eigenvalue weighted by Crippen LogP contribution is 2.35. The Hall–Kier alpha value is -3.45. The van der Waals surface area contributed by atoms with Gasteiger partial charge < -0.3 is 10.2 Å². The highest BCUT2D eigenvalue weighted by Gasteiger charge is 2.47. The van der Waals surface area contributed by atoms with Gasteiger partial charge in [-0.05, 0) is 42.9 Å². The fourth-order valence-electron chi connectivity index (χ4n) is 6.17. The van der Waals surface area contributed by atoms with Crippen molar-refractivity contribution in [1.82, 2.24) is 15.1 Å². The number of carbonyl (C=O) groups is 4. The summed E-state index contributed by atoms with van der Waals surface area (Å²) in [5, 5.41) is 3.70. The molecule has 8 heteroatoms. The van der Waals surface area contributed by atoms with Crippen molar-refractivity contribution in [1.29, 1.82) is 0 Å². The molecule has 40 heavy (non-hydrogen) atoms. The predicted molar refractivity (Wildman–Crippen MR) is 153 cm³/mol. The van der Waals surface area contributed by atoms with Crippen molar-refractivity contribution in [2.24, 2.45) is 11.8 Å². The highest BCUT2D eigenvalue weighted by molar-refractivity contribution is 6.31. The summed E-state index contributed by atoms with van der Waals surface area (Å²) in [6.07, 6.45) is 9.30. The maximum atomic E-state index is 14.0. The van der Waals surface area contributed by atoms with Crippen LogP contribution in [0.1, 0.15) is 56.1 Å². The molecule has 1 saturated carbocycles. The molecule has 0 aromatic heterocycles. The van der Waals surface area contributed by atoms with Crippen LogP contribution in [0.2, 0.25) is 5.02 Å². The lowest BCUT2D eigenvalue weighted by molar-refractivity contribution is -0.144. The first-order valence-corrected chi connectivity index (χ1v) is 14.7. The van der Waals surface area contributed by atoms with E-state index in [9.17, 15) is 19.2 Å². The first kappa shape index (κ1) is 28.1. The number of hydrogen-bond acceptors (Lipinski definition) is 4. The summed E-state index contributed by atoms with van der Waals surface area (Å²) in [7, 11) is 0. The topological polar surface area (TPSA) is 86.8 Å². The molecule has 2 aliphatic carbocycles. The Bertz CT molecular complexity index is 1250. The second-order valence-electron chi connectivity index (χ2n) is 11.0. The van der Waals surface area contributed by atoms with Gasteiger partial charge in [-0.2, -0.15) is 0 Å². The first-order valence-electron chi connectivity index (χ1n) is 14.3. The Labute approximate surface area is 240 Å². The van der Waals surface area contributed by atoms with Crippen LogP contribution in [0, 0.1) is 11.8 Å². The van der Waals surface area contributed by atoms with Gasteiger partial charge in [-0.25, -0.2) is 0 Å². The average Bonchev–Trinajstić information content (AvgIpc) is 3.57. The fourth-order valence-corrected chi connectivity index (χ4v) is 6.37. The number of likely N-dealkylation sites (tertiary alicyclic amines) is 1. The fraction of sp³-hybridized carbons (Fsp3) is 0.438. The van der Waals surface area contributed by atoms with Gasteiger partial charge in [0.25, 0.3) is 0 Å². The highest BCUT2D eigenvalue weighted by atomic mass is 35.5. The maximum Gasteiger partial charge on any atom is 0.243 e. The number of hydrogen-bond donors (Lipinski definition) is 1. The SMILES string of the molecule is O=C(NC1CCCC1)[C@@H](Cc1ccccc1)N(Cc1ccccc1Cl)C(=O)CCN1C(=O)[C@H]2CC=CC[C@H]2C1=O. The summed E-state index contributed by atoms with van der Waals surface area (Å²) < 4.78 is 0. The zero-order valence-electron chi connectivity index (χ0n) is 22.6. The van der Waals surface area contributed by atoms with Gasteiger partial charge in [-0.1, -0.05) is 85.1 Å². The van der Waals surface area contributed by atoms with Crippen LogP contribution in [0.15, 0.2) is 66.7 Å². The van der Waals surface area contributed by atoms with E-state index < -0.39 is 6.04 Å². The van der Waals surface area contributed by atoms with Crippen LogP contribution in [0.25, 0.3) is 0 Å². The van der Waals surface area contributed by atoms with Crippen LogP contribution in [0.4, 0.5) is 0 Å². The third-order valence-electron chi connectivity index (χ3n) is 8.42. The molecular formula is C32H36ClN3O4. The van der Waals surface area contributed by atoms with Gasteiger partial charge in [0.2, 0.25) is 23.6 Å². The molecule has 1 heterocycles. The average molecular weight is 562 g/mol. The van der Waals surface area contributed by atoms with Crippen molar-refractivity contribution >= 4 is 35.2 Å².